The van der Waals surface area contributed by atoms with Crippen LogP contribution in [0.4, 0.5) is 0 Å². The van der Waals surface area contributed by atoms with Crippen LogP contribution in [0.3, 0.4) is 0 Å². The van der Waals surface area contributed by atoms with Gasteiger partial charge in [0.2, 0.25) is 0 Å². The number of halogens is 2. The van der Waals surface area contributed by atoms with Crippen molar-refractivity contribution < 1.29 is 8.42 Å². The summed E-state index contributed by atoms with van der Waals surface area (Å²) in [5.41, 5.74) is 0.861. The summed E-state index contributed by atoms with van der Waals surface area (Å²) in [5, 5.41) is 1.96. The van der Waals surface area contributed by atoms with Crippen molar-refractivity contribution in [2.24, 2.45) is 0 Å². The lowest BCUT2D eigenvalue weighted by Crippen LogP contribution is -1.90. The highest BCUT2D eigenvalue weighted by atomic mass is 79.9. The van der Waals surface area contributed by atoms with Crippen molar-refractivity contribution in [3.8, 4) is 10.6 Å². The first-order valence-electron chi connectivity index (χ1n) is 4.13. The van der Waals surface area contributed by atoms with Gasteiger partial charge in [0.25, 0.3) is 9.05 Å². The van der Waals surface area contributed by atoms with Crippen molar-refractivity contribution in [3.05, 3.63) is 34.1 Å². The molecule has 84 valence electrons. The quantitative estimate of drug-likeness (QED) is 0.787. The smallest absolute Gasteiger partial charge is 0.223 e. The van der Waals surface area contributed by atoms with Gasteiger partial charge in [-0.25, -0.2) is 13.4 Å². The van der Waals surface area contributed by atoms with Crippen molar-refractivity contribution in [1.29, 1.82) is 0 Å². The molecule has 7 heteroatoms. The Balaban J connectivity index is 2.43. The number of hydrogen-bond donors (Lipinski definition) is 0. The molecule has 0 radical (unpaired) electrons. The van der Waals surface area contributed by atoms with Gasteiger partial charge in [-0.2, -0.15) is 0 Å². The second-order valence-corrected chi connectivity index (χ2v) is 7.22. The van der Waals surface area contributed by atoms with Crippen LogP contribution in [0.2, 0.25) is 0 Å². The van der Waals surface area contributed by atoms with E-state index in [1.165, 1.54) is 16.7 Å². The maximum absolute atomic E-state index is 11.0. The fraction of sp³-hybridized carbons (Fsp3) is 0. The standard InChI is InChI=1S/C9H5BrClNO2S2/c10-7-3-1-6(2-4-7)9-12-8(5-15-9)16(11,13)14/h1-5H. The van der Waals surface area contributed by atoms with Crippen molar-refractivity contribution in [2.75, 3.05) is 0 Å². The van der Waals surface area contributed by atoms with E-state index in [-0.39, 0.29) is 5.03 Å². The predicted molar refractivity (Wildman–Crippen MR) is 68.3 cm³/mol. The molecule has 0 atom stereocenters. The van der Waals surface area contributed by atoms with E-state index < -0.39 is 9.05 Å². The highest BCUT2D eigenvalue weighted by molar-refractivity contribution is 9.10. The van der Waals surface area contributed by atoms with E-state index in [1.54, 1.807) is 0 Å². The molecule has 2 rings (SSSR count). The maximum atomic E-state index is 11.0. The SMILES string of the molecule is O=S(=O)(Cl)c1csc(-c2ccc(Br)cc2)n1. The van der Waals surface area contributed by atoms with Crippen molar-refractivity contribution in [3.63, 3.8) is 0 Å². The Morgan fingerprint density at radius 3 is 2.38 bits per heavy atom. The second-order valence-electron chi connectivity index (χ2n) is 2.94. The van der Waals surface area contributed by atoms with Crippen LogP contribution in [0.1, 0.15) is 0 Å². The molecule has 0 aliphatic carbocycles. The Labute approximate surface area is 110 Å². The highest BCUT2D eigenvalue weighted by Crippen LogP contribution is 2.27. The Hall–Kier alpha value is -0.430. The molecule has 0 N–H and O–H groups in total. The van der Waals surface area contributed by atoms with E-state index in [9.17, 15) is 8.42 Å². The van der Waals surface area contributed by atoms with Crippen LogP contribution in [0, 0.1) is 0 Å². The molecule has 0 aliphatic rings. The lowest BCUT2D eigenvalue weighted by atomic mass is 10.2. The van der Waals surface area contributed by atoms with Crippen LogP contribution >= 0.6 is 37.9 Å². The molecule has 0 unspecified atom stereocenters. The summed E-state index contributed by atoms with van der Waals surface area (Å²) < 4.78 is 23.0. The fourth-order valence-electron chi connectivity index (χ4n) is 1.10. The maximum Gasteiger partial charge on any atom is 0.279 e. The minimum Gasteiger partial charge on any atom is -0.223 e. The molecule has 0 saturated carbocycles. The molecule has 2 aromatic rings. The lowest BCUT2D eigenvalue weighted by Gasteiger charge is -1.95. The first-order chi connectivity index (χ1) is 7.47. The zero-order valence-electron chi connectivity index (χ0n) is 7.72. The Kier molecular flexibility index (Phi) is 3.34. The van der Waals surface area contributed by atoms with Gasteiger partial charge in [0, 0.05) is 26.1 Å². The fourth-order valence-corrected chi connectivity index (χ4v) is 3.34. The van der Waals surface area contributed by atoms with Gasteiger partial charge >= 0.3 is 0 Å². The predicted octanol–water partition coefficient (Wildman–Crippen LogP) is 3.50. The van der Waals surface area contributed by atoms with Crippen LogP contribution < -0.4 is 0 Å². The Morgan fingerprint density at radius 1 is 1.25 bits per heavy atom. The summed E-state index contributed by atoms with van der Waals surface area (Å²) in [6.45, 7) is 0. The van der Waals surface area contributed by atoms with Crippen molar-refractivity contribution >= 4 is 47.0 Å². The van der Waals surface area contributed by atoms with Gasteiger partial charge in [-0.3, -0.25) is 0 Å². The largest absolute Gasteiger partial charge is 0.279 e. The highest BCUT2D eigenvalue weighted by Gasteiger charge is 2.15. The summed E-state index contributed by atoms with van der Waals surface area (Å²) in [6.07, 6.45) is 0. The third-order valence-electron chi connectivity index (χ3n) is 1.82. The topological polar surface area (TPSA) is 47.0 Å². The number of thiazole rings is 1. The molecule has 1 heterocycles. The normalized spacial score (nSPS) is 11.6. The molecular weight excluding hydrogens is 334 g/mol. The molecule has 0 spiro atoms. The summed E-state index contributed by atoms with van der Waals surface area (Å²) in [6, 6.07) is 7.44. The van der Waals surface area contributed by atoms with E-state index in [4.69, 9.17) is 10.7 Å². The summed E-state index contributed by atoms with van der Waals surface area (Å²) in [4.78, 5) is 3.96. The minimum absolute atomic E-state index is 0.0999. The first kappa shape index (κ1) is 12.0. The Morgan fingerprint density at radius 2 is 1.88 bits per heavy atom. The molecule has 1 aromatic carbocycles. The van der Waals surface area contributed by atoms with Gasteiger partial charge < -0.3 is 0 Å². The van der Waals surface area contributed by atoms with Gasteiger partial charge in [0.05, 0.1) is 0 Å². The van der Waals surface area contributed by atoms with Crippen LogP contribution in [0.15, 0.2) is 39.1 Å². The molecule has 16 heavy (non-hydrogen) atoms. The van der Waals surface area contributed by atoms with Crippen LogP contribution in [-0.2, 0) is 9.05 Å². The average molecular weight is 339 g/mol. The zero-order chi connectivity index (χ0) is 11.8. The summed E-state index contributed by atoms with van der Waals surface area (Å²) in [5.74, 6) is 0. The van der Waals surface area contributed by atoms with E-state index in [2.05, 4.69) is 20.9 Å². The molecule has 0 saturated heterocycles. The second kappa shape index (κ2) is 4.44. The third-order valence-corrected chi connectivity index (χ3v) is 4.58. The number of aromatic nitrogens is 1. The zero-order valence-corrected chi connectivity index (χ0v) is 11.7. The van der Waals surface area contributed by atoms with Gasteiger partial charge in [-0.15, -0.1) is 11.3 Å². The van der Waals surface area contributed by atoms with E-state index in [1.807, 2.05) is 24.3 Å². The van der Waals surface area contributed by atoms with E-state index in [0.29, 0.717) is 5.01 Å². The van der Waals surface area contributed by atoms with Crippen molar-refractivity contribution in [2.45, 2.75) is 5.03 Å². The van der Waals surface area contributed by atoms with E-state index >= 15 is 0 Å². The van der Waals surface area contributed by atoms with Gasteiger partial charge in [-0.1, -0.05) is 28.1 Å². The first-order valence-corrected chi connectivity index (χ1v) is 8.11. The number of rotatable bonds is 2. The Bertz CT molecular complexity index is 607. The molecule has 0 amide bonds. The van der Waals surface area contributed by atoms with Crippen LogP contribution in [0.25, 0.3) is 10.6 Å². The molecule has 0 fully saturated rings. The van der Waals surface area contributed by atoms with Gasteiger partial charge in [-0.05, 0) is 12.1 Å². The summed E-state index contributed by atoms with van der Waals surface area (Å²) in [7, 11) is 1.46. The number of hydrogen-bond acceptors (Lipinski definition) is 4. The minimum atomic E-state index is -3.74. The van der Waals surface area contributed by atoms with Gasteiger partial charge in [0.15, 0.2) is 5.03 Å². The number of nitrogens with zero attached hydrogens (tertiary/aromatic N) is 1. The van der Waals surface area contributed by atoms with E-state index in [0.717, 1.165) is 10.0 Å². The molecule has 0 aliphatic heterocycles. The summed E-state index contributed by atoms with van der Waals surface area (Å²) >= 11 is 4.57. The lowest BCUT2D eigenvalue weighted by molar-refractivity contribution is 0.607. The number of benzene rings is 1. The third kappa shape index (κ3) is 2.63. The molecule has 0 bridgehead atoms. The molecule has 1 aromatic heterocycles. The average Bonchev–Trinajstić information content (AvgIpc) is 2.67. The van der Waals surface area contributed by atoms with Crippen LogP contribution in [-0.4, -0.2) is 13.4 Å². The molecule has 3 nitrogen and oxygen atoms in total. The van der Waals surface area contributed by atoms with Crippen molar-refractivity contribution in [1.82, 2.24) is 4.98 Å². The van der Waals surface area contributed by atoms with Gasteiger partial charge in [0.1, 0.15) is 5.01 Å². The van der Waals surface area contributed by atoms with Crippen LogP contribution in [0.5, 0.6) is 0 Å². The molecular formula is C9H5BrClNO2S2. The monoisotopic (exact) mass is 337 g/mol.